The average molecular weight is 149 g/mol. The highest BCUT2D eigenvalue weighted by Crippen LogP contribution is 2.09. The number of carbonyl (C=O) groups excluding carboxylic acids is 1. The minimum absolute atomic E-state index is 0.197. The Morgan fingerprint density at radius 1 is 1.67 bits per heavy atom. The second-order valence-corrected chi connectivity index (χ2v) is 2.57. The number of hydrogen-bond acceptors (Lipinski definition) is 1. The molecule has 0 saturated carbocycles. The molecule has 0 aliphatic rings. The maximum atomic E-state index is 10.7. The summed E-state index contributed by atoms with van der Waals surface area (Å²) in [7, 11) is 0. The van der Waals surface area contributed by atoms with Crippen molar-refractivity contribution in [1.82, 2.24) is 0 Å². The van der Waals surface area contributed by atoms with Gasteiger partial charge >= 0.3 is 0 Å². The fraction of sp³-hybridized carbons (Fsp3) is 0.857. The van der Waals surface area contributed by atoms with E-state index in [1.807, 2.05) is 6.92 Å². The lowest BCUT2D eigenvalue weighted by atomic mass is 10.00. The maximum absolute atomic E-state index is 10.7. The van der Waals surface area contributed by atoms with Gasteiger partial charge in [-0.1, -0.05) is 6.92 Å². The van der Waals surface area contributed by atoms with Crippen molar-refractivity contribution in [3.8, 4) is 0 Å². The van der Waals surface area contributed by atoms with Crippen molar-refractivity contribution in [2.45, 2.75) is 26.7 Å². The molecule has 2 heteroatoms. The summed E-state index contributed by atoms with van der Waals surface area (Å²) in [6.07, 6.45) is 1.75. The zero-order valence-corrected chi connectivity index (χ0v) is 6.74. The van der Waals surface area contributed by atoms with Gasteiger partial charge in [0.1, 0.15) is 5.78 Å². The molecule has 1 atom stereocenters. The third-order valence-electron chi connectivity index (χ3n) is 1.53. The van der Waals surface area contributed by atoms with Crippen LogP contribution in [0.25, 0.3) is 0 Å². The molecule has 0 aromatic carbocycles. The van der Waals surface area contributed by atoms with Crippen molar-refractivity contribution in [2.24, 2.45) is 5.92 Å². The predicted molar refractivity (Wildman–Crippen MR) is 39.8 cm³/mol. The van der Waals surface area contributed by atoms with Crippen molar-refractivity contribution < 1.29 is 4.79 Å². The first-order valence-electron chi connectivity index (χ1n) is 3.28. The fourth-order valence-corrected chi connectivity index (χ4v) is 1.09. The lowest BCUT2D eigenvalue weighted by Gasteiger charge is -2.06. The highest BCUT2D eigenvalue weighted by molar-refractivity contribution is 6.17. The van der Waals surface area contributed by atoms with Crippen molar-refractivity contribution in [2.75, 3.05) is 5.88 Å². The summed E-state index contributed by atoms with van der Waals surface area (Å²) >= 11 is 5.47. The SMILES string of the molecule is CCC(CCCl)C(C)=O. The van der Waals surface area contributed by atoms with Gasteiger partial charge in [-0.25, -0.2) is 0 Å². The largest absolute Gasteiger partial charge is 0.300 e. The molecule has 0 bridgehead atoms. The van der Waals surface area contributed by atoms with E-state index in [1.54, 1.807) is 6.92 Å². The van der Waals surface area contributed by atoms with E-state index in [9.17, 15) is 4.79 Å². The van der Waals surface area contributed by atoms with Gasteiger partial charge < -0.3 is 0 Å². The van der Waals surface area contributed by atoms with Crippen molar-refractivity contribution >= 4 is 17.4 Å². The molecule has 0 rings (SSSR count). The third kappa shape index (κ3) is 3.52. The lowest BCUT2D eigenvalue weighted by molar-refractivity contribution is -0.120. The molecular formula is C7H13ClO. The Labute approximate surface area is 61.4 Å². The summed E-state index contributed by atoms with van der Waals surface area (Å²) < 4.78 is 0. The van der Waals surface area contributed by atoms with E-state index in [4.69, 9.17) is 11.6 Å². The van der Waals surface area contributed by atoms with Gasteiger partial charge in [0.25, 0.3) is 0 Å². The van der Waals surface area contributed by atoms with Gasteiger partial charge in [0.05, 0.1) is 0 Å². The van der Waals surface area contributed by atoms with Gasteiger partial charge in [0.15, 0.2) is 0 Å². The molecule has 0 aromatic heterocycles. The first-order valence-corrected chi connectivity index (χ1v) is 3.82. The zero-order valence-electron chi connectivity index (χ0n) is 5.98. The second-order valence-electron chi connectivity index (χ2n) is 2.19. The van der Waals surface area contributed by atoms with Crippen LogP contribution < -0.4 is 0 Å². The summed E-state index contributed by atoms with van der Waals surface area (Å²) in [5.41, 5.74) is 0. The van der Waals surface area contributed by atoms with Gasteiger partial charge in [-0.3, -0.25) is 4.79 Å². The highest BCUT2D eigenvalue weighted by Gasteiger charge is 2.09. The molecule has 9 heavy (non-hydrogen) atoms. The van der Waals surface area contributed by atoms with E-state index in [-0.39, 0.29) is 11.7 Å². The molecule has 0 aliphatic heterocycles. The molecule has 0 aliphatic carbocycles. The van der Waals surface area contributed by atoms with Crippen LogP contribution >= 0.6 is 11.6 Å². The van der Waals surface area contributed by atoms with E-state index in [0.29, 0.717) is 5.88 Å². The first kappa shape index (κ1) is 8.96. The van der Waals surface area contributed by atoms with Crippen LogP contribution in [0.4, 0.5) is 0 Å². The fourth-order valence-electron chi connectivity index (χ4n) is 0.827. The topological polar surface area (TPSA) is 17.1 Å². The van der Waals surface area contributed by atoms with Gasteiger partial charge in [-0.05, 0) is 19.8 Å². The Kier molecular flexibility index (Phi) is 4.78. The van der Waals surface area contributed by atoms with Crippen molar-refractivity contribution in [3.63, 3.8) is 0 Å². The van der Waals surface area contributed by atoms with Gasteiger partial charge in [-0.15, -0.1) is 11.6 Å². The molecule has 54 valence electrons. The molecule has 0 N–H and O–H groups in total. The lowest BCUT2D eigenvalue weighted by Crippen LogP contribution is -2.09. The van der Waals surface area contributed by atoms with E-state index in [2.05, 4.69) is 0 Å². The van der Waals surface area contributed by atoms with Crippen LogP contribution in [0.1, 0.15) is 26.7 Å². The summed E-state index contributed by atoms with van der Waals surface area (Å²) in [5, 5.41) is 0. The summed E-state index contributed by atoms with van der Waals surface area (Å²) in [4.78, 5) is 10.7. The van der Waals surface area contributed by atoms with E-state index in [1.165, 1.54) is 0 Å². The Hall–Kier alpha value is -0.0400. The number of halogens is 1. The van der Waals surface area contributed by atoms with E-state index < -0.39 is 0 Å². The number of Topliss-reactive ketones (excluding diaryl/α,β-unsaturated/α-hetero) is 1. The summed E-state index contributed by atoms with van der Waals surface area (Å²) in [6, 6.07) is 0. The van der Waals surface area contributed by atoms with Crippen LogP contribution in [0.5, 0.6) is 0 Å². The molecule has 0 aromatic rings. The van der Waals surface area contributed by atoms with Crippen LogP contribution in [0.3, 0.4) is 0 Å². The van der Waals surface area contributed by atoms with Crippen LogP contribution in [-0.2, 0) is 4.79 Å². The van der Waals surface area contributed by atoms with Crippen molar-refractivity contribution in [1.29, 1.82) is 0 Å². The Bertz CT molecular complexity index is 90.9. The molecule has 0 heterocycles. The van der Waals surface area contributed by atoms with E-state index >= 15 is 0 Å². The Morgan fingerprint density at radius 2 is 2.22 bits per heavy atom. The standard InChI is InChI=1S/C7H13ClO/c1-3-7(4-5-8)6(2)9/h7H,3-5H2,1-2H3. The maximum Gasteiger partial charge on any atom is 0.132 e. The smallest absolute Gasteiger partial charge is 0.132 e. The number of ketones is 1. The zero-order chi connectivity index (χ0) is 7.28. The number of rotatable bonds is 4. The number of hydrogen-bond donors (Lipinski definition) is 0. The number of carbonyl (C=O) groups is 1. The molecule has 0 spiro atoms. The molecule has 0 fully saturated rings. The Morgan fingerprint density at radius 3 is 2.33 bits per heavy atom. The van der Waals surface area contributed by atoms with Gasteiger partial charge in [0.2, 0.25) is 0 Å². The van der Waals surface area contributed by atoms with Crippen molar-refractivity contribution in [3.05, 3.63) is 0 Å². The molecule has 1 nitrogen and oxygen atoms in total. The highest BCUT2D eigenvalue weighted by atomic mass is 35.5. The average Bonchev–Trinajstić information content (AvgIpc) is 1.82. The monoisotopic (exact) mass is 148 g/mol. The van der Waals surface area contributed by atoms with Gasteiger partial charge in [-0.2, -0.15) is 0 Å². The van der Waals surface area contributed by atoms with Crippen LogP contribution in [0.15, 0.2) is 0 Å². The molecule has 0 amide bonds. The molecule has 0 saturated heterocycles. The van der Waals surface area contributed by atoms with Gasteiger partial charge in [0, 0.05) is 11.8 Å². The minimum atomic E-state index is 0.197. The molecule has 0 radical (unpaired) electrons. The molecular weight excluding hydrogens is 136 g/mol. The van der Waals surface area contributed by atoms with Crippen LogP contribution in [0, 0.1) is 5.92 Å². The minimum Gasteiger partial charge on any atom is -0.300 e. The summed E-state index contributed by atoms with van der Waals surface area (Å²) in [6.45, 7) is 3.64. The van der Waals surface area contributed by atoms with Crippen LogP contribution in [0.2, 0.25) is 0 Å². The second kappa shape index (κ2) is 4.80. The van der Waals surface area contributed by atoms with Crippen LogP contribution in [-0.4, -0.2) is 11.7 Å². The normalized spacial score (nSPS) is 13.2. The Balaban J connectivity index is 3.54. The third-order valence-corrected chi connectivity index (χ3v) is 1.74. The first-order chi connectivity index (χ1) is 4.22. The van der Waals surface area contributed by atoms with E-state index in [0.717, 1.165) is 12.8 Å². The quantitative estimate of drug-likeness (QED) is 0.559. The molecule has 1 unspecified atom stereocenters. The summed E-state index contributed by atoms with van der Waals surface area (Å²) in [5.74, 6) is 1.05. The predicted octanol–water partition coefficient (Wildman–Crippen LogP) is 2.23. The number of alkyl halides is 1.